The van der Waals surface area contributed by atoms with E-state index in [-0.39, 0.29) is 11.0 Å². The van der Waals surface area contributed by atoms with Gasteiger partial charge in [0, 0.05) is 31.6 Å². The fraction of sp³-hybridized carbons (Fsp3) is 0.0870. The molecule has 2 aliphatic rings. The SMILES string of the molecule is COc1ccc(Br)cc1C1Sc2ccccc2NC2=C1C(=O)c1ccccc12. The number of ether oxygens (including phenoxy) is 1. The van der Waals surface area contributed by atoms with Gasteiger partial charge in [-0.3, -0.25) is 4.79 Å². The van der Waals surface area contributed by atoms with E-state index in [0.717, 1.165) is 48.8 Å². The lowest BCUT2D eigenvalue weighted by atomic mass is 10.00. The second-order valence-corrected chi connectivity index (χ2v) is 8.73. The van der Waals surface area contributed by atoms with Crippen LogP contribution in [0, 0.1) is 0 Å². The number of fused-ring (bicyclic) bond motifs is 3. The van der Waals surface area contributed by atoms with Gasteiger partial charge in [0.1, 0.15) is 5.75 Å². The Morgan fingerprint density at radius 2 is 1.75 bits per heavy atom. The molecule has 5 heteroatoms. The molecular formula is C23H16BrNO2S. The highest BCUT2D eigenvalue weighted by Gasteiger charge is 2.39. The fourth-order valence-electron chi connectivity index (χ4n) is 3.81. The van der Waals surface area contributed by atoms with E-state index < -0.39 is 0 Å². The smallest absolute Gasteiger partial charge is 0.193 e. The fourth-order valence-corrected chi connectivity index (χ4v) is 5.50. The quantitative estimate of drug-likeness (QED) is 0.496. The molecule has 0 saturated carbocycles. The van der Waals surface area contributed by atoms with Gasteiger partial charge in [0.05, 0.1) is 23.7 Å². The molecule has 28 heavy (non-hydrogen) atoms. The van der Waals surface area contributed by atoms with Crippen LogP contribution in [-0.2, 0) is 0 Å². The summed E-state index contributed by atoms with van der Waals surface area (Å²) in [6.45, 7) is 0. The van der Waals surface area contributed by atoms with Crippen molar-refractivity contribution in [1.29, 1.82) is 0 Å². The van der Waals surface area contributed by atoms with Crippen molar-refractivity contribution in [2.75, 3.05) is 12.4 Å². The summed E-state index contributed by atoms with van der Waals surface area (Å²) in [6.07, 6.45) is 0. The number of rotatable bonds is 2. The second kappa shape index (κ2) is 6.83. The molecule has 138 valence electrons. The van der Waals surface area contributed by atoms with Gasteiger partial charge in [-0.05, 0) is 30.3 Å². The molecule has 1 aliphatic carbocycles. The van der Waals surface area contributed by atoms with Crippen LogP contribution in [0.3, 0.4) is 0 Å². The maximum Gasteiger partial charge on any atom is 0.193 e. The maximum absolute atomic E-state index is 13.4. The van der Waals surface area contributed by atoms with Crippen LogP contribution >= 0.6 is 27.7 Å². The van der Waals surface area contributed by atoms with E-state index in [1.165, 1.54) is 0 Å². The predicted molar refractivity (Wildman–Crippen MR) is 117 cm³/mol. The average molecular weight is 450 g/mol. The van der Waals surface area contributed by atoms with Gasteiger partial charge in [-0.25, -0.2) is 0 Å². The molecular weight excluding hydrogens is 434 g/mol. The number of Topliss-reactive ketones (excluding diaryl/α,β-unsaturated/α-hetero) is 1. The van der Waals surface area contributed by atoms with Crippen LogP contribution in [0.25, 0.3) is 5.70 Å². The first-order chi connectivity index (χ1) is 13.7. The van der Waals surface area contributed by atoms with E-state index in [1.54, 1.807) is 18.9 Å². The van der Waals surface area contributed by atoms with Crippen molar-refractivity contribution in [3.05, 3.63) is 93.5 Å². The Balaban J connectivity index is 1.78. The lowest BCUT2D eigenvalue weighted by molar-refractivity contribution is 0.103. The zero-order valence-corrected chi connectivity index (χ0v) is 17.4. The van der Waals surface area contributed by atoms with Crippen molar-refractivity contribution in [1.82, 2.24) is 0 Å². The van der Waals surface area contributed by atoms with Gasteiger partial charge in [0.25, 0.3) is 0 Å². The number of hydrogen-bond acceptors (Lipinski definition) is 4. The Morgan fingerprint density at radius 3 is 2.57 bits per heavy atom. The molecule has 3 nitrogen and oxygen atoms in total. The van der Waals surface area contributed by atoms with E-state index in [0.29, 0.717) is 0 Å². The molecule has 0 spiro atoms. The molecule has 1 atom stereocenters. The van der Waals surface area contributed by atoms with Crippen molar-refractivity contribution in [2.45, 2.75) is 10.1 Å². The van der Waals surface area contributed by atoms with Crippen molar-refractivity contribution >= 4 is 44.9 Å². The number of anilines is 1. The first-order valence-electron chi connectivity index (χ1n) is 8.92. The van der Waals surface area contributed by atoms with Gasteiger partial charge in [-0.15, -0.1) is 11.8 Å². The summed E-state index contributed by atoms with van der Waals surface area (Å²) in [5.74, 6) is 0.848. The summed E-state index contributed by atoms with van der Waals surface area (Å²) >= 11 is 5.26. The van der Waals surface area contributed by atoms with Gasteiger partial charge in [-0.2, -0.15) is 0 Å². The van der Waals surface area contributed by atoms with E-state index in [1.807, 2.05) is 54.6 Å². The summed E-state index contributed by atoms with van der Waals surface area (Å²) in [5.41, 5.74) is 5.37. The van der Waals surface area contributed by atoms with Crippen LogP contribution in [-0.4, -0.2) is 12.9 Å². The number of halogens is 1. The Labute approximate surface area is 175 Å². The summed E-state index contributed by atoms with van der Waals surface area (Å²) < 4.78 is 6.61. The van der Waals surface area contributed by atoms with Crippen molar-refractivity contribution in [3.8, 4) is 5.75 Å². The van der Waals surface area contributed by atoms with Crippen LogP contribution in [0.4, 0.5) is 5.69 Å². The summed E-state index contributed by atoms with van der Waals surface area (Å²) in [5, 5.41) is 3.36. The number of hydrogen-bond donors (Lipinski definition) is 1. The predicted octanol–water partition coefficient (Wildman–Crippen LogP) is 6.32. The van der Waals surface area contributed by atoms with Crippen LogP contribution < -0.4 is 10.1 Å². The number of para-hydroxylation sites is 1. The Bertz CT molecular complexity index is 1150. The topological polar surface area (TPSA) is 38.3 Å². The molecule has 1 N–H and O–H groups in total. The largest absolute Gasteiger partial charge is 0.496 e. The van der Waals surface area contributed by atoms with Gasteiger partial charge in [0.2, 0.25) is 0 Å². The van der Waals surface area contributed by atoms with Crippen LogP contribution in [0.15, 0.2) is 81.7 Å². The highest BCUT2D eigenvalue weighted by Crippen LogP contribution is 2.54. The van der Waals surface area contributed by atoms with E-state index >= 15 is 0 Å². The van der Waals surface area contributed by atoms with Crippen molar-refractivity contribution in [2.24, 2.45) is 0 Å². The molecule has 0 bridgehead atoms. The van der Waals surface area contributed by atoms with Crippen molar-refractivity contribution in [3.63, 3.8) is 0 Å². The zero-order chi connectivity index (χ0) is 19.3. The second-order valence-electron chi connectivity index (χ2n) is 6.67. The first-order valence-corrected chi connectivity index (χ1v) is 10.6. The Hall–Kier alpha value is -2.50. The van der Waals surface area contributed by atoms with E-state index in [9.17, 15) is 4.79 Å². The number of carbonyl (C=O) groups is 1. The minimum absolute atomic E-state index is 0.0745. The minimum atomic E-state index is -0.182. The third-order valence-electron chi connectivity index (χ3n) is 5.08. The lowest BCUT2D eigenvalue weighted by Crippen LogP contribution is -2.09. The number of nitrogens with one attached hydrogen (secondary N) is 1. The minimum Gasteiger partial charge on any atom is -0.496 e. The molecule has 0 fully saturated rings. The average Bonchev–Trinajstić information content (AvgIpc) is 2.89. The van der Waals surface area contributed by atoms with E-state index in [4.69, 9.17) is 4.74 Å². The van der Waals surface area contributed by atoms with Gasteiger partial charge < -0.3 is 10.1 Å². The van der Waals surface area contributed by atoms with Crippen LogP contribution in [0.2, 0.25) is 0 Å². The normalized spacial score (nSPS) is 17.4. The number of methoxy groups -OCH3 is 1. The highest BCUT2D eigenvalue weighted by molar-refractivity contribution is 9.10. The third kappa shape index (κ3) is 2.69. The Morgan fingerprint density at radius 1 is 1.00 bits per heavy atom. The number of thioether (sulfide) groups is 1. The first kappa shape index (κ1) is 17.6. The Kier molecular flexibility index (Phi) is 4.29. The van der Waals surface area contributed by atoms with Gasteiger partial charge >= 0.3 is 0 Å². The molecule has 5 rings (SSSR count). The molecule has 1 heterocycles. The molecule has 0 amide bonds. The maximum atomic E-state index is 13.4. The third-order valence-corrected chi connectivity index (χ3v) is 6.91. The molecule has 1 aliphatic heterocycles. The summed E-state index contributed by atoms with van der Waals surface area (Å²) in [7, 11) is 1.67. The standard InChI is InChI=1S/C23H16BrNO2S/c1-27-18-11-10-13(24)12-16(18)23-20-21(14-6-2-3-7-15(14)22(20)26)25-17-8-4-5-9-19(17)28-23/h2-12,23,25H,1H3. The molecule has 3 aromatic carbocycles. The van der Waals surface area contributed by atoms with Crippen LogP contribution in [0.1, 0.15) is 26.7 Å². The number of benzene rings is 3. The molecule has 0 aromatic heterocycles. The summed E-state index contributed by atoms with van der Waals surface area (Å²) in [6, 6.07) is 21.9. The van der Waals surface area contributed by atoms with Gasteiger partial charge in [-0.1, -0.05) is 52.3 Å². The lowest BCUT2D eigenvalue weighted by Gasteiger charge is -2.20. The van der Waals surface area contributed by atoms with E-state index in [2.05, 4.69) is 33.4 Å². The van der Waals surface area contributed by atoms with Gasteiger partial charge in [0.15, 0.2) is 5.78 Å². The van der Waals surface area contributed by atoms with Crippen LogP contribution in [0.5, 0.6) is 5.75 Å². The zero-order valence-electron chi connectivity index (χ0n) is 15.0. The number of ketones is 1. The molecule has 0 radical (unpaired) electrons. The number of carbonyl (C=O) groups excluding carboxylic acids is 1. The molecule has 1 unspecified atom stereocenters. The monoisotopic (exact) mass is 449 g/mol. The summed E-state index contributed by atoms with van der Waals surface area (Å²) in [4.78, 5) is 14.5. The highest BCUT2D eigenvalue weighted by atomic mass is 79.9. The molecule has 3 aromatic rings. The molecule has 0 saturated heterocycles. The van der Waals surface area contributed by atoms with Crippen molar-refractivity contribution < 1.29 is 9.53 Å².